The smallest absolute Gasteiger partial charge is 0.415 e. The van der Waals surface area contributed by atoms with Gasteiger partial charge in [-0.05, 0) is 0 Å². The first-order valence-corrected chi connectivity index (χ1v) is 5.01. The zero-order valence-electron chi connectivity index (χ0n) is 7.41. The largest absolute Gasteiger partial charge is 0.464 e. The van der Waals surface area contributed by atoms with Crippen molar-refractivity contribution in [3.05, 3.63) is 24.9 Å². The van der Waals surface area contributed by atoms with Gasteiger partial charge in [0.05, 0.1) is 4.70 Å². The molecule has 0 spiro atoms. The first-order chi connectivity index (χ1) is 7.25. The van der Waals surface area contributed by atoms with Crippen molar-refractivity contribution < 1.29 is 9.90 Å². The number of carboxylic acid groups (broad SMARTS) is 1. The summed E-state index contributed by atoms with van der Waals surface area (Å²) in [5.74, 6) is 0. The Kier molecular flexibility index (Phi) is 1.54. The second kappa shape index (κ2) is 2.77. The van der Waals surface area contributed by atoms with E-state index in [0.717, 1.165) is 24.9 Å². The van der Waals surface area contributed by atoms with Crippen LogP contribution in [0.1, 0.15) is 0 Å². The topological polar surface area (TPSA) is 68.0 Å². The highest BCUT2D eigenvalue weighted by Crippen LogP contribution is 2.32. The van der Waals surface area contributed by atoms with E-state index in [-0.39, 0.29) is 0 Å². The molecule has 0 aliphatic carbocycles. The summed E-state index contributed by atoms with van der Waals surface area (Å²) in [5.41, 5.74) is 0. The van der Waals surface area contributed by atoms with Crippen LogP contribution in [0.2, 0.25) is 0 Å². The molecule has 6 heteroatoms. The van der Waals surface area contributed by atoms with Crippen LogP contribution >= 0.6 is 11.3 Å². The number of thiophene rings is 1. The van der Waals surface area contributed by atoms with Gasteiger partial charge in [0, 0.05) is 29.4 Å². The molecule has 5 nitrogen and oxygen atoms in total. The van der Waals surface area contributed by atoms with E-state index in [1.54, 1.807) is 18.6 Å². The summed E-state index contributed by atoms with van der Waals surface area (Å²) >= 11 is 1.46. The minimum absolute atomic E-state index is 0.882. The molecule has 0 bridgehead atoms. The molecule has 3 heterocycles. The van der Waals surface area contributed by atoms with Gasteiger partial charge in [-0.3, -0.25) is 4.57 Å². The van der Waals surface area contributed by atoms with Crippen LogP contribution < -0.4 is 0 Å². The van der Waals surface area contributed by atoms with Crippen LogP contribution in [-0.2, 0) is 0 Å². The van der Waals surface area contributed by atoms with Crippen LogP contribution in [0, 0.1) is 0 Å². The van der Waals surface area contributed by atoms with Crippen LogP contribution in [0.3, 0.4) is 0 Å². The maximum atomic E-state index is 10.7. The molecule has 0 amide bonds. The predicted octanol–water partition coefficient (Wildman–Crippen LogP) is 2.17. The minimum atomic E-state index is -0.983. The number of aromatic nitrogens is 3. The standard InChI is InChI=1S/C9H5N3O2S/c13-9(14)12-2-6-5-1-10-4-11-8(5)15-7(6)3-12/h1-4H,(H,13,14). The van der Waals surface area contributed by atoms with E-state index in [4.69, 9.17) is 5.11 Å². The zero-order valence-corrected chi connectivity index (χ0v) is 8.23. The van der Waals surface area contributed by atoms with E-state index < -0.39 is 6.09 Å². The molecule has 1 N–H and O–H groups in total. The second-order valence-corrected chi connectivity index (χ2v) is 4.10. The first kappa shape index (κ1) is 8.37. The van der Waals surface area contributed by atoms with Crippen molar-refractivity contribution in [1.82, 2.24) is 14.5 Å². The lowest BCUT2D eigenvalue weighted by Crippen LogP contribution is -2.03. The summed E-state index contributed by atoms with van der Waals surface area (Å²) in [7, 11) is 0. The fourth-order valence-electron chi connectivity index (χ4n) is 1.52. The van der Waals surface area contributed by atoms with Gasteiger partial charge in [0.2, 0.25) is 0 Å². The number of nitrogens with zero attached hydrogens (tertiary/aromatic N) is 3. The molecule has 3 rings (SSSR count). The molecule has 0 saturated heterocycles. The van der Waals surface area contributed by atoms with Gasteiger partial charge in [0.1, 0.15) is 11.2 Å². The molecule has 0 fully saturated rings. The Bertz CT molecular complexity index is 670. The Balaban J connectivity index is 2.42. The maximum absolute atomic E-state index is 10.7. The van der Waals surface area contributed by atoms with Crippen molar-refractivity contribution in [2.75, 3.05) is 0 Å². The quantitative estimate of drug-likeness (QED) is 0.629. The highest BCUT2D eigenvalue weighted by Gasteiger charge is 2.10. The lowest BCUT2D eigenvalue weighted by molar-refractivity contribution is 0.196. The SMILES string of the molecule is O=C(O)n1cc2sc3ncncc3c2c1. The molecule has 0 radical (unpaired) electrons. The highest BCUT2D eigenvalue weighted by atomic mass is 32.1. The third-order valence-electron chi connectivity index (χ3n) is 2.18. The first-order valence-electron chi connectivity index (χ1n) is 4.19. The summed E-state index contributed by atoms with van der Waals surface area (Å²) in [6.45, 7) is 0. The monoisotopic (exact) mass is 219 g/mol. The van der Waals surface area contributed by atoms with Gasteiger partial charge in [-0.1, -0.05) is 0 Å². The summed E-state index contributed by atoms with van der Waals surface area (Å²) in [6, 6.07) is 0. The molecule has 0 aliphatic heterocycles. The van der Waals surface area contributed by atoms with Crippen molar-refractivity contribution in [2.45, 2.75) is 0 Å². The van der Waals surface area contributed by atoms with Gasteiger partial charge in [-0.25, -0.2) is 14.8 Å². The van der Waals surface area contributed by atoms with Crippen molar-refractivity contribution in [3.8, 4) is 0 Å². The van der Waals surface area contributed by atoms with Gasteiger partial charge >= 0.3 is 6.09 Å². The zero-order chi connectivity index (χ0) is 10.4. The molecule has 74 valence electrons. The molecule has 0 aliphatic rings. The van der Waals surface area contributed by atoms with E-state index in [2.05, 4.69) is 9.97 Å². The highest BCUT2D eigenvalue weighted by molar-refractivity contribution is 7.25. The second-order valence-electron chi connectivity index (χ2n) is 3.07. The summed E-state index contributed by atoms with van der Waals surface area (Å²) in [6.07, 6.45) is 5.38. The molecule has 0 atom stereocenters. The normalized spacial score (nSPS) is 11.2. The fourth-order valence-corrected chi connectivity index (χ4v) is 2.54. The van der Waals surface area contributed by atoms with Crippen molar-refractivity contribution in [3.63, 3.8) is 0 Å². The van der Waals surface area contributed by atoms with E-state index in [0.29, 0.717) is 0 Å². The third kappa shape index (κ3) is 1.11. The molecule has 0 unspecified atom stereocenters. The average Bonchev–Trinajstić information content (AvgIpc) is 2.73. The van der Waals surface area contributed by atoms with Crippen LogP contribution in [0.15, 0.2) is 24.9 Å². The number of fused-ring (bicyclic) bond motifs is 3. The molecular weight excluding hydrogens is 214 g/mol. The Hall–Kier alpha value is -1.95. The molecule has 15 heavy (non-hydrogen) atoms. The molecular formula is C9H5N3O2S. The lowest BCUT2D eigenvalue weighted by Gasteiger charge is -1.90. The molecule has 3 aromatic heterocycles. The summed E-state index contributed by atoms with van der Waals surface area (Å²) in [5, 5.41) is 10.6. The van der Waals surface area contributed by atoms with Gasteiger partial charge in [-0.15, -0.1) is 11.3 Å². The van der Waals surface area contributed by atoms with Gasteiger partial charge < -0.3 is 5.11 Å². The lowest BCUT2D eigenvalue weighted by atomic mass is 10.3. The Morgan fingerprint density at radius 3 is 3.07 bits per heavy atom. The average molecular weight is 219 g/mol. The van der Waals surface area contributed by atoms with E-state index in [9.17, 15) is 4.79 Å². The van der Waals surface area contributed by atoms with Gasteiger partial charge in [-0.2, -0.15) is 0 Å². The van der Waals surface area contributed by atoms with Gasteiger partial charge in [0.15, 0.2) is 0 Å². The number of rotatable bonds is 0. The van der Waals surface area contributed by atoms with Crippen LogP contribution in [0.4, 0.5) is 4.79 Å². The van der Waals surface area contributed by atoms with Crippen molar-refractivity contribution in [2.24, 2.45) is 0 Å². The van der Waals surface area contributed by atoms with Crippen molar-refractivity contribution in [1.29, 1.82) is 0 Å². The number of carbonyl (C=O) groups is 1. The third-order valence-corrected chi connectivity index (χ3v) is 3.25. The predicted molar refractivity (Wildman–Crippen MR) is 56.3 cm³/mol. The van der Waals surface area contributed by atoms with Crippen LogP contribution in [-0.4, -0.2) is 25.7 Å². The summed E-state index contributed by atoms with van der Waals surface area (Å²) < 4.78 is 2.06. The number of hydrogen-bond donors (Lipinski definition) is 1. The summed E-state index contributed by atoms with van der Waals surface area (Å²) in [4.78, 5) is 19.7. The van der Waals surface area contributed by atoms with E-state index in [1.165, 1.54) is 17.7 Å². The number of hydrogen-bond acceptors (Lipinski definition) is 4. The molecule has 0 aromatic carbocycles. The molecule has 3 aromatic rings. The van der Waals surface area contributed by atoms with Crippen LogP contribution in [0.5, 0.6) is 0 Å². The minimum Gasteiger partial charge on any atom is -0.464 e. The molecule has 0 saturated carbocycles. The fraction of sp³-hybridized carbons (Fsp3) is 0. The van der Waals surface area contributed by atoms with E-state index in [1.807, 2.05) is 0 Å². The van der Waals surface area contributed by atoms with Crippen LogP contribution in [0.25, 0.3) is 20.3 Å². The van der Waals surface area contributed by atoms with E-state index >= 15 is 0 Å². The Labute approximate surface area is 87.6 Å². The van der Waals surface area contributed by atoms with Gasteiger partial charge in [0.25, 0.3) is 0 Å². The Morgan fingerprint density at radius 2 is 2.27 bits per heavy atom. The maximum Gasteiger partial charge on any atom is 0.415 e. The Morgan fingerprint density at radius 1 is 1.40 bits per heavy atom. The van der Waals surface area contributed by atoms with Crippen molar-refractivity contribution >= 4 is 37.7 Å².